The monoisotopic (exact) mass is 413 g/mol. The van der Waals surface area contributed by atoms with Gasteiger partial charge in [0.05, 0.1) is 12.1 Å². The summed E-state index contributed by atoms with van der Waals surface area (Å²) in [6.07, 6.45) is 0.147. The van der Waals surface area contributed by atoms with Gasteiger partial charge in [0.2, 0.25) is 5.91 Å². The highest BCUT2D eigenvalue weighted by Gasteiger charge is 2.59. The number of nitrogens with zero attached hydrogens (tertiary/aromatic N) is 2. The molecule has 3 rings (SSSR count). The van der Waals surface area contributed by atoms with Gasteiger partial charge in [-0.05, 0) is 30.5 Å². The predicted octanol–water partition coefficient (Wildman–Crippen LogP) is 1.51. The van der Waals surface area contributed by atoms with E-state index in [1.807, 2.05) is 0 Å². The smallest absolute Gasteiger partial charge is 0.406 e. The molecule has 2 aliphatic rings. The van der Waals surface area contributed by atoms with E-state index in [1.165, 1.54) is 30.0 Å². The van der Waals surface area contributed by atoms with Crippen LogP contribution in [0.1, 0.15) is 31.7 Å². The largest absolute Gasteiger partial charge is 0.427 e. The van der Waals surface area contributed by atoms with E-state index in [0.29, 0.717) is 22.8 Å². The Morgan fingerprint density at radius 2 is 2.11 bits per heavy atom. The summed E-state index contributed by atoms with van der Waals surface area (Å²) >= 11 is 5.88. The molecular weight excluding hydrogens is 393 g/mol. The van der Waals surface area contributed by atoms with Gasteiger partial charge in [-0.1, -0.05) is 12.1 Å². The van der Waals surface area contributed by atoms with Crippen molar-refractivity contribution in [3.05, 3.63) is 35.6 Å². The van der Waals surface area contributed by atoms with Gasteiger partial charge in [0.1, 0.15) is 5.82 Å². The maximum atomic E-state index is 13.2. The maximum Gasteiger partial charge on any atom is 0.427 e. The molecule has 28 heavy (non-hydrogen) atoms. The molecule has 1 saturated carbocycles. The number of halogens is 2. The van der Waals surface area contributed by atoms with Crippen molar-refractivity contribution in [2.45, 2.75) is 44.1 Å². The Morgan fingerprint density at radius 3 is 2.71 bits per heavy atom. The molecular formula is C18H21ClFN3O5. The third kappa shape index (κ3) is 4.20. The summed E-state index contributed by atoms with van der Waals surface area (Å²) in [5.74, 6) is -3.75. The number of ether oxygens (including phenoxy) is 1. The maximum absolute atomic E-state index is 13.2. The molecule has 1 aliphatic heterocycles. The quantitative estimate of drug-likeness (QED) is 0.544. The first-order valence-electron chi connectivity index (χ1n) is 8.85. The highest BCUT2D eigenvalue weighted by molar-refractivity contribution is 6.20. The van der Waals surface area contributed by atoms with Crippen LogP contribution in [-0.2, 0) is 20.9 Å². The average molecular weight is 414 g/mol. The second-order valence-corrected chi connectivity index (χ2v) is 7.55. The van der Waals surface area contributed by atoms with Crippen LogP contribution in [0, 0.1) is 5.82 Å². The first-order valence-corrected chi connectivity index (χ1v) is 9.19. The summed E-state index contributed by atoms with van der Waals surface area (Å²) in [4.78, 5) is 37.5. The fourth-order valence-corrected chi connectivity index (χ4v) is 3.43. The van der Waals surface area contributed by atoms with E-state index in [2.05, 4.69) is 5.32 Å². The van der Waals surface area contributed by atoms with Crippen molar-refractivity contribution in [2.75, 3.05) is 13.1 Å². The van der Waals surface area contributed by atoms with E-state index in [0.717, 1.165) is 0 Å². The van der Waals surface area contributed by atoms with Crippen molar-refractivity contribution in [3.8, 4) is 0 Å². The number of carbonyl (C=O) groups is 3. The lowest BCUT2D eigenvalue weighted by atomic mass is 10.2. The van der Waals surface area contributed by atoms with Crippen molar-refractivity contribution in [2.24, 2.45) is 0 Å². The zero-order valence-electron chi connectivity index (χ0n) is 15.3. The molecule has 0 unspecified atom stereocenters. The Hall–Kier alpha value is -2.39. The summed E-state index contributed by atoms with van der Waals surface area (Å²) in [5.41, 5.74) is -0.132. The van der Waals surface area contributed by atoms with Gasteiger partial charge in [0.15, 0.2) is 0 Å². The molecule has 1 heterocycles. The van der Waals surface area contributed by atoms with Gasteiger partial charge >= 0.3 is 6.09 Å². The van der Waals surface area contributed by atoms with Gasteiger partial charge in [-0.2, -0.15) is 0 Å². The normalized spacial score (nSPS) is 22.7. The van der Waals surface area contributed by atoms with Gasteiger partial charge < -0.3 is 20.1 Å². The van der Waals surface area contributed by atoms with Crippen molar-refractivity contribution < 1.29 is 28.6 Å². The van der Waals surface area contributed by atoms with Crippen molar-refractivity contribution in [1.29, 1.82) is 0 Å². The van der Waals surface area contributed by atoms with Gasteiger partial charge in [0.25, 0.3) is 11.7 Å². The lowest BCUT2D eigenvalue weighted by molar-refractivity contribution is -0.185. The first-order chi connectivity index (χ1) is 13.2. The Labute approximate surface area is 166 Å². The zero-order chi connectivity index (χ0) is 20.5. The lowest BCUT2D eigenvalue weighted by Gasteiger charge is -2.29. The highest BCUT2D eigenvalue weighted by atomic mass is 35.5. The molecule has 8 nitrogen and oxygen atoms in total. The Kier molecular flexibility index (Phi) is 5.49. The number of carbonyl (C=O) groups excluding carboxylic acids is 3. The first kappa shape index (κ1) is 20.3. The minimum Gasteiger partial charge on any atom is -0.406 e. The van der Waals surface area contributed by atoms with E-state index >= 15 is 0 Å². The van der Waals surface area contributed by atoms with Crippen LogP contribution in [0.3, 0.4) is 0 Å². The van der Waals surface area contributed by atoms with Gasteiger partial charge in [-0.25, -0.2) is 13.6 Å². The molecule has 2 N–H and O–H groups in total. The molecule has 1 saturated heterocycles. The number of hydrogen-bond acceptors (Lipinski definition) is 5. The van der Waals surface area contributed by atoms with Crippen molar-refractivity contribution >= 4 is 29.7 Å². The average Bonchev–Trinajstić information content (AvgIpc) is 3.35. The summed E-state index contributed by atoms with van der Waals surface area (Å²) in [6.45, 7) is 1.68. The predicted molar refractivity (Wildman–Crippen MR) is 96.2 cm³/mol. The minimum atomic E-state index is -2.32. The molecule has 1 aromatic rings. The molecule has 1 aliphatic carbocycles. The van der Waals surface area contributed by atoms with Crippen LogP contribution in [-0.4, -0.2) is 56.7 Å². The van der Waals surface area contributed by atoms with Crippen LogP contribution >= 0.6 is 11.8 Å². The topological polar surface area (TPSA) is 99.2 Å². The molecule has 2 fully saturated rings. The van der Waals surface area contributed by atoms with E-state index in [4.69, 9.17) is 16.5 Å². The SMILES string of the molecule is CC(=O)NCC1(N2CC[C@](O)(OC(=O)N(Cl)Cc3cccc(F)c3)C2=O)CC1. The molecule has 0 aromatic heterocycles. The molecule has 10 heteroatoms. The third-order valence-electron chi connectivity index (χ3n) is 4.98. The summed E-state index contributed by atoms with van der Waals surface area (Å²) in [5, 5.41) is 13.2. The number of benzene rings is 1. The van der Waals surface area contributed by atoms with Crippen LogP contribution in [0.2, 0.25) is 0 Å². The number of rotatable bonds is 6. The van der Waals surface area contributed by atoms with E-state index in [9.17, 15) is 23.9 Å². The molecule has 0 radical (unpaired) electrons. The molecule has 152 valence electrons. The number of aliphatic hydroxyl groups is 1. The Balaban J connectivity index is 1.61. The van der Waals surface area contributed by atoms with Gasteiger partial charge in [-0.3, -0.25) is 9.59 Å². The van der Waals surface area contributed by atoms with Crippen LogP contribution in [0.15, 0.2) is 24.3 Å². The summed E-state index contributed by atoms with van der Waals surface area (Å²) in [6, 6.07) is 5.50. The van der Waals surface area contributed by atoms with Crippen LogP contribution < -0.4 is 5.32 Å². The lowest BCUT2D eigenvalue weighted by Crippen LogP contribution is -2.51. The third-order valence-corrected chi connectivity index (χ3v) is 5.24. The molecule has 1 aromatic carbocycles. The number of nitrogens with one attached hydrogen (secondary N) is 1. The number of amides is 3. The fraction of sp³-hybridized carbons (Fsp3) is 0.500. The molecule has 1 atom stereocenters. The Morgan fingerprint density at radius 1 is 1.39 bits per heavy atom. The van der Waals surface area contributed by atoms with Crippen LogP contribution in [0.25, 0.3) is 0 Å². The van der Waals surface area contributed by atoms with Gasteiger partial charge in [-0.15, -0.1) is 0 Å². The highest BCUT2D eigenvalue weighted by Crippen LogP contribution is 2.45. The fourth-order valence-electron chi connectivity index (χ4n) is 3.26. The van der Waals surface area contributed by atoms with Gasteiger partial charge in [0, 0.05) is 38.2 Å². The minimum absolute atomic E-state index is 0.107. The molecule has 0 bridgehead atoms. The molecule has 0 spiro atoms. The molecule has 3 amide bonds. The number of hydrogen-bond donors (Lipinski definition) is 2. The van der Waals surface area contributed by atoms with E-state index in [1.54, 1.807) is 6.07 Å². The zero-order valence-corrected chi connectivity index (χ0v) is 16.0. The second-order valence-electron chi connectivity index (χ2n) is 7.14. The standard InChI is InChI=1S/C18H21ClFN3O5/c1-12(24)21-11-17(5-6-17)22-8-7-18(27,15(22)25)28-16(26)23(19)10-13-3-2-4-14(20)9-13/h2-4,9,27H,5-8,10-11H2,1H3,(H,21,24)/t18-/m0/s1. The van der Waals surface area contributed by atoms with Crippen molar-refractivity contribution in [1.82, 2.24) is 14.6 Å². The Bertz CT molecular complexity index is 803. The van der Waals surface area contributed by atoms with E-state index < -0.39 is 29.1 Å². The second kappa shape index (κ2) is 7.56. The van der Waals surface area contributed by atoms with Crippen LogP contribution in [0.5, 0.6) is 0 Å². The summed E-state index contributed by atoms with van der Waals surface area (Å²) < 4.78 is 18.9. The number of likely N-dealkylation sites (tertiary alicyclic amines) is 1. The van der Waals surface area contributed by atoms with Crippen LogP contribution in [0.4, 0.5) is 9.18 Å². The summed E-state index contributed by atoms with van der Waals surface area (Å²) in [7, 11) is 0. The van der Waals surface area contributed by atoms with Crippen molar-refractivity contribution in [3.63, 3.8) is 0 Å². The van der Waals surface area contributed by atoms with E-state index in [-0.39, 0.29) is 32.0 Å².